The van der Waals surface area contributed by atoms with Crippen LogP contribution in [0, 0.1) is 0 Å². The number of amides is 1. The first-order valence-electron chi connectivity index (χ1n) is 8.69. The van der Waals surface area contributed by atoms with E-state index >= 15 is 0 Å². The van der Waals surface area contributed by atoms with E-state index in [2.05, 4.69) is 4.90 Å². The van der Waals surface area contributed by atoms with Gasteiger partial charge in [-0.3, -0.25) is 9.69 Å². The number of morpholine rings is 1. The molecule has 0 unspecified atom stereocenters. The predicted molar refractivity (Wildman–Crippen MR) is 86.9 cm³/mol. The Morgan fingerprint density at radius 2 is 1.88 bits per heavy atom. The number of halogens is 3. The van der Waals surface area contributed by atoms with Crippen molar-refractivity contribution in [3.8, 4) is 0 Å². The van der Waals surface area contributed by atoms with Crippen LogP contribution in [-0.4, -0.2) is 54.6 Å². The number of hydrogen-bond donors (Lipinski definition) is 0. The van der Waals surface area contributed by atoms with Gasteiger partial charge < -0.3 is 9.64 Å². The van der Waals surface area contributed by atoms with E-state index in [1.807, 2.05) is 0 Å². The van der Waals surface area contributed by atoms with Crippen molar-refractivity contribution >= 4 is 5.91 Å². The number of carbonyl (C=O) groups is 1. The molecule has 0 bridgehead atoms. The second-order valence-corrected chi connectivity index (χ2v) is 6.64. The number of likely N-dealkylation sites (tertiary alicyclic amines) is 1. The lowest BCUT2D eigenvalue weighted by Crippen LogP contribution is -2.43. The molecule has 2 aliphatic heterocycles. The zero-order chi connectivity index (χ0) is 17.9. The molecule has 2 fully saturated rings. The summed E-state index contributed by atoms with van der Waals surface area (Å²) in [5, 5.41) is 0. The van der Waals surface area contributed by atoms with Crippen LogP contribution in [0.4, 0.5) is 13.2 Å². The third kappa shape index (κ3) is 4.73. The molecule has 25 heavy (non-hydrogen) atoms. The Labute approximate surface area is 145 Å². The summed E-state index contributed by atoms with van der Waals surface area (Å²) in [5.41, 5.74) is -0.147. The van der Waals surface area contributed by atoms with E-state index < -0.39 is 11.7 Å². The lowest BCUT2D eigenvalue weighted by atomic mass is 10.1. The minimum Gasteiger partial charge on any atom is -0.379 e. The Morgan fingerprint density at radius 1 is 1.12 bits per heavy atom. The Morgan fingerprint density at radius 3 is 2.60 bits per heavy atom. The molecule has 0 spiro atoms. The van der Waals surface area contributed by atoms with Crippen LogP contribution in [0.15, 0.2) is 24.3 Å². The van der Waals surface area contributed by atoms with Gasteiger partial charge in [-0.25, -0.2) is 0 Å². The number of hydrogen-bond acceptors (Lipinski definition) is 3. The molecule has 0 saturated carbocycles. The summed E-state index contributed by atoms with van der Waals surface area (Å²) in [6.45, 7) is 4.02. The van der Waals surface area contributed by atoms with Gasteiger partial charge in [-0.05, 0) is 30.5 Å². The molecule has 2 aliphatic rings. The molecule has 2 heterocycles. The van der Waals surface area contributed by atoms with Gasteiger partial charge in [0.15, 0.2) is 0 Å². The van der Waals surface area contributed by atoms with E-state index in [1.54, 1.807) is 11.0 Å². The molecule has 0 radical (unpaired) electrons. The highest BCUT2D eigenvalue weighted by Gasteiger charge is 2.31. The van der Waals surface area contributed by atoms with E-state index in [-0.39, 0.29) is 12.5 Å². The fourth-order valence-corrected chi connectivity index (χ4v) is 3.56. The van der Waals surface area contributed by atoms with Crippen LogP contribution in [0.1, 0.15) is 30.4 Å². The molecule has 1 aromatic carbocycles. The first-order valence-corrected chi connectivity index (χ1v) is 8.69. The van der Waals surface area contributed by atoms with Crippen molar-refractivity contribution in [3.63, 3.8) is 0 Å². The second-order valence-electron chi connectivity index (χ2n) is 6.64. The summed E-state index contributed by atoms with van der Waals surface area (Å²) in [4.78, 5) is 16.4. The van der Waals surface area contributed by atoms with Crippen LogP contribution >= 0.6 is 0 Å². The zero-order valence-corrected chi connectivity index (χ0v) is 14.1. The number of benzene rings is 1. The van der Waals surface area contributed by atoms with Gasteiger partial charge in [-0.15, -0.1) is 0 Å². The molecule has 0 aliphatic carbocycles. The van der Waals surface area contributed by atoms with Crippen molar-refractivity contribution < 1.29 is 22.7 Å². The highest BCUT2D eigenvalue weighted by molar-refractivity contribution is 5.76. The van der Waals surface area contributed by atoms with Crippen LogP contribution in [0.3, 0.4) is 0 Å². The number of rotatable bonds is 3. The van der Waals surface area contributed by atoms with Crippen molar-refractivity contribution in [1.82, 2.24) is 9.80 Å². The van der Waals surface area contributed by atoms with Crippen molar-refractivity contribution in [1.29, 1.82) is 0 Å². The van der Waals surface area contributed by atoms with Gasteiger partial charge >= 0.3 is 6.18 Å². The fraction of sp³-hybridized carbons (Fsp3) is 0.611. The average Bonchev–Trinajstić information content (AvgIpc) is 2.78. The minimum atomic E-state index is -4.36. The first kappa shape index (κ1) is 18.2. The largest absolute Gasteiger partial charge is 0.416 e. The molecule has 1 aromatic rings. The fourth-order valence-electron chi connectivity index (χ4n) is 3.56. The summed E-state index contributed by atoms with van der Waals surface area (Å²) >= 11 is 0. The van der Waals surface area contributed by atoms with Gasteiger partial charge in [0.1, 0.15) is 0 Å². The maximum atomic E-state index is 12.8. The third-order valence-electron chi connectivity index (χ3n) is 4.97. The summed E-state index contributed by atoms with van der Waals surface area (Å²) in [6, 6.07) is 5.59. The van der Waals surface area contributed by atoms with Gasteiger partial charge in [0.05, 0.1) is 18.8 Å². The SMILES string of the molecule is O=C1CC[C@H](N2CCOCC2)CCN1Cc1cccc(C(F)(F)F)c1. The molecule has 3 rings (SSSR count). The molecule has 2 saturated heterocycles. The minimum absolute atomic E-state index is 0.0215. The third-order valence-corrected chi connectivity index (χ3v) is 4.97. The topological polar surface area (TPSA) is 32.8 Å². The number of nitrogens with zero attached hydrogens (tertiary/aromatic N) is 2. The highest BCUT2D eigenvalue weighted by Crippen LogP contribution is 2.30. The first-order chi connectivity index (χ1) is 11.9. The molecule has 7 heteroatoms. The molecule has 0 aromatic heterocycles. The van der Waals surface area contributed by atoms with Gasteiger partial charge in [-0.2, -0.15) is 13.2 Å². The molecule has 1 amide bonds. The maximum Gasteiger partial charge on any atom is 0.416 e. The highest BCUT2D eigenvalue weighted by atomic mass is 19.4. The van der Waals surface area contributed by atoms with Crippen LogP contribution in [0.5, 0.6) is 0 Å². The normalized spacial score (nSPS) is 23.6. The van der Waals surface area contributed by atoms with Crippen molar-refractivity contribution in [3.05, 3.63) is 35.4 Å². The zero-order valence-electron chi connectivity index (χ0n) is 14.1. The lowest BCUT2D eigenvalue weighted by Gasteiger charge is -2.33. The molecule has 138 valence electrons. The number of ether oxygens (including phenoxy) is 1. The van der Waals surface area contributed by atoms with Crippen molar-refractivity contribution in [2.24, 2.45) is 0 Å². The summed E-state index contributed by atoms with van der Waals surface area (Å²) in [6.07, 6.45) is -2.26. The van der Waals surface area contributed by atoms with Gasteiger partial charge in [0.25, 0.3) is 0 Å². The second kappa shape index (κ2) is 7.74. The standard InChI is InChI=1S/C18H23F3N2O2/c19-18(20,21)15-3-1-2-14(12-15)13-23-7-6-16(4-5-17(23)24)22-8-10-25-11-9-22/h1-3,12,16H,4-11,13H2/t16-/m0/s1. The lowest BCUT2D eigenvalue weighted by molar-refractivity contribution is -0.137. The average molecular weight is 356 g/mol. The molecule has 0 N–H and O–H groups in total. The van der Waals surface area contributed by atoms with Gasteiger partial charge in [0, 0.05) is 38.6 Å². The van der Waals surface area contributed by atoms with Gasteiger partial charge in [-0.1, -0.05) is 12.1 Å². The number of carbonyl (C=O) groups excluding carboxylic acids is 1. The van der Waals surface area contributed by atoms with E-state index in [0.717, 1.165) is 51.3 Å². The number of alkyl halides is 3. The monoisotopic (exact) mass is 356 g/mol. The Bertz CT molecular complexity index is 600. The molecular weight excluding hydrogens is 333 g/mol. The van der Waals surface area contributed by atoms with E-state index in [9.17, 15) is 18.0 Å². The van der Waals surface area contributed by atoms with Crippen LogP contribution in [0.25, 0.3) is 0 Å². The molecule has 1 atom stereocenters. The van der Waals surface area contributed by atoms with Crippen LogP contribution < -0.4 is 0 Å². The Hall–Kier alpha value is -1.60. The van der Waals surface area contributed by atoms with Crippen molar-refractivity contribution in [2.45, 2.75) is 38.0 Å². The van der Waals surface area contributed by atoms with Crippen LogP contribution in [-0.2, 0) is 22.3 Å². The quantitative estimate of drug-likeness (QED) is 0.835. The smallest absolute Gasteiger partial charge is 0.379 e. The Balaban J connectivity index is 1.64. The van der Waals surface area contributed by atoms with Crippen LogP contribution in [0.2, 0.25) is 0 Å². The van der Waals surface area contributed by atoms with Gasteiger partial charge in [0.2, 0.25) is 5.91 Å². The molecule has 4 nitrogen and oxygen atoms in total. The van der Waals surface area contributed by atoms with E-state index in [1.165, 1.54) is 6.07 Å². The van der Waals surface area contributed by atoms with E-state index in [4.69, 9.17) is 4.74 Å². The Kier molecular flexibility index (Phi) is 5.64. The summed E-state index contributed by atoms with van der Waals surface area (Å²) in [5.74, 6) is 0.0215. The molecular formula is C18H23F3N2O2. The van der Waals surface area contributed by atoms with Crippen molar-refractivity contribution in [2.75, 3.05) is 32.8 Å². The summed E-state index contributed by atoms with van der Waals surface area (Å²) in [7, 11) is 0. The van der Waals surface area contributed by atoms with E-state index in [0.29, 0.717) is 24.6 Å². The predicted octanol–water partition coefficient (Wildman–Crippen LogP) is 2.92. The summed E-state index contributed by atoms with van der Waals surface area (Å²) < 4.78 is 43.9. The maximum absolute atomic E-state index is 12.8.